The van der Waals surface area contributed by atoms with Crippen molar-refractivity contribution in [1.82, 2.24) is 13.9 Å². The van der Waals surface area contributed by atoms with Crippen molar-refractivity contribution in [3.05, 3.63) is 127 Å². The van der Waals surface area contributed by atoms with Gasteiger partial charge in [0.1, 0.15) is 11.6 Å². The third kappa shape index (κ3) is 6.31. The number of rotatable bonds is 8. The highest BCUT2D eigenvalue weighted by Gasteiger charge is 2.18. The standard InChI is InChI=1S/C31H27N3O4S/c1-23-12-18-28(19-13-23)38-31(35)34(39(36)37)21-20-24-14-16-27(17-15-24)33-22-29(25-8-4-2-5-9-25)32-30(33)26-10-6-3-7-11-26/h2-19,22H,20-21H2,1H3,(H,36,37)/p-1. The van der Waals surface area contributed by atoms with Gasteiger partial charge in [-0.2, -0.15) is 0 Å². The Morgan fingerprint density at radius 3 is 2.10 bits per heavy atom. The lowest BCUT2D eigenvalue weighted by Crippen LogP contribution is -2.36. The molecule has 1 aromatic heterocycles. The number of amides is 1. The van der Waals surface area contributed by atoms with E-state index >= 15 is 0 Å². The first-order valence-corrected chi connectivity index (χ1v) is 13.5. The largest absolute Gasteiger partial charge is 0.755 e. The summed E-state index contributed by atoms with van der Waals surface area (Å²) in [6, 6.07) is 34.6. The fraction of sp³-hybridized carbons (Fsp3) is 0.0968. The van der Waals surface area contributed by atoms with Crippen LogP contribution in [0.1, 0.15) is 11.1 Å². The Hall–Kier alpha value is -4.53. The Bertz CT molecular complexity index is 1570. The molecular formula is C31H26N3O4S-. The third-order valence-electron chi connectivity index (χ3n) is 6.24. The molecule has 0 bridgehead atoms. The maximum absolute atomic E-state index is 12.5. The Labute approximate surface area is 229 Å². The van der Waals surface area contributed by atoms with Crippen LogP contribution in [0.5, 0.6) is 5.75 Å². The summed E-state index contributed by atoms with van der Waals surface area (Å²) < 4.78 is 31.5. The van der Waals surface area contributed by atoms with E-state index < -0.39 is 17.4 Å². The van der Waals surface area contributed by atoms with Crippen LogP contribution in [-0.4, -0.2) is 35.3 Å². The Kier molecular flexibility index (Phi) is 7.96. The first kappa shape index (κ1) is 26.1. The molecule has 8 heteroatoms. The van der Waals surface area contributed by atoms with Crippen LogP contribution < -0.4 is 4.74 Å². The molecule has 5 rings (SSSR count). The quantitative estimate of drug-likeness (QED) is 0.216. The molecule has 0 radical (unpaired) electrons. The fourth-order valence-corrected chi connectivity index (χ4v) is 4.55. The molecule has 1 amide bonds. The Morgan fingerprint density at radius 1 is 0.872 bits per heavy atom. The van der Waals surface area contributed by atoms with Gasteiger partial charge in [0.2, 0.25) is 0 Å². The summed E-state index contributed by atoms with van der Waals surface area (Å²) in [6.45, 7) is 1.87. The van der Waals surface area contributed by atoms with Gasteiger partial charge in [0.15, 0.2) is 0 Å². The summed E-state index contributed by atoms with van der Waals surface area (Å²) in [6.07, 6.45) is 1.40. The first-order chi connectivity index (χ1) is 19.0. The van der Waals surface area contributed by atoms with E-state index in [0.29, 0.717) is 10.7 Å². The Balaban J connectivity index is 1.34. The monoisotopic (exact) mass is 536 g/mol. The summed E-state index contributed by atoms with van der Waals surface area (Å²) >= 11 is -2.76. The summed E-state index contributed by atoms with van der Waals surface area (Å²) in [5.41, 5.74) is 5.67. The third-order valence-corrected chi connectivity index (χ3v) is 6.93. The van der Waals surface area contributed by atoms with Crippen molar-refractivity contribution in [3.63, 3.8) is 0 Å². The van der Waals surface area contributed by atoms with Gasteiger partial charge < -0.3 is 9.29 Å². The smallest absolute Gasteiger partial charge is 0.426 e. The number of aromatic nitrogens is 2. The molecule has 0 saturated carbocycles. The highest BCUT2D eigenvalue weighted by atomic mass is 32.2. The second-order valence-electron chi connectivity index (χ2n) is 8.97. The van der Waals surface area contributed by atoms with Crippen molar-refractivity contribution < 1.29 is 18.3 Å². The van der Waals surface area contributed by atoms with Gasteiger partial charge in [-0.3, -0.25) is 8.78 Å². The predicted octanol–water partition coefficient (Wildman–Crippen LogP) is 6.35. The SMILES string of the molecule is Cc1ccc(OC(=O)N(CCc2ccc(-n3cc(-c4ccccc4)nc3-c3ccccc3)cc2)S(=O)[O-])cc1. The second kappa shape index (κ2) is 11.9. The lowest BCUT2D eigenvalue weighted by atomic mass is 10.1. The highest BCUT2D eigenvalue weighted by Crippen LogP contribution is 2.28. The van der Waals surface area contributed by atoms with Crippen LogP contribution in [0.2, 0.25) is 0 Å². The maximum Gasteiger partial charge on any atom is 0.426 e. The minimum atomic E-state index is -2.76. The zero-order chi connectivity index (χ0) is 27.2. The molecule has 4 aromatic carbocycles. The second-order valence-corrected chi connectivity index (χ2v) is 9.84. The number of aryl methyl sites for hydroxylation is 1. The number of carbonyl (C=O) groups is 1. The van der Waals surface area contributed by atoms with E-state index in [1.807, 2.05) is 103 Å². The molecule has 0 fully saturated rings. The molecule has 1 atom stereocenters. The minimum Gasteiger partial charge on any atom is -0.755 e. The van der Waals surface area contributed by atoms with Gasteiger partial charge in [-0.1, -0.05) is 90.5 Å². The number of hydrogen-bond donors (Lipinski definition) is 0. The van der Waals surface area contributed by atoms with Crippen molar-refractivity contribution in [1.29, 1.82) is 0 Å². The molecule has 0 aliphatic heterocycles. The molecule has 1 heterocycles. The van der Waals surface area contributed by atoms with Gasteiger partial charge >= 0.3 is 6.09 Å². The summed E-state index contributed by atoms with van der Waals surface area (Å²) in [7, 11) is 0. The van der Waals surface area contributed by atoms with Crippen LogP contribution in [0.25, 0.3) is 28.3 Å². The van der Waals surface area contributed by atoms with Crippen molar-refractivity contribution in [2.75, 3.05) is 6.54 Å². The first-order valence-electron chi connectivity index (χ1n) is 12.4. The number of benzene rings is 4. The zero-order valence-corrected chi connectivity index (χ0v) is 22.1. The van der Waals surface area contributed by atoms with Crippen molar-refractivity contribution >= 4 is 17.4 Å². The van der Waals surface area contributed by atoms with E-state index in [0.717, 1.165) is 39.5 Å². The summed E-state index contributed by atoms with van der Waals surface area (Å²) in [5, 5.41) is 0. The van der Waals surface area contributed by atoms with Crippen LogP contribution >= 0.6 is 0 Å². The molecule has 0 spiro atoms. The van der Waals surface area contributed by atoms with E-state index in [9.17, 15) is 13.6 Å². The van der Waals surface area contributed by atoms with E-state index in [1.54, 1.807) is 24.3 Å². The normalized spacial score (nSPS) is 11.6. The molecule has 196 valence electrons. The molecule has 0 aliphatic rings. The van der Waals surface area contributed by atoms with Crippen LogP contribution in [0.3, 0.4) is 0 Å². The van der Waals surface area contributed by atoms with Crippen LogP contribution in [0.4, 0.5) is 4.79 Å². The molecule has 0 N–H and O–H groups in total. The molecule has 0 aliphatic carbocycles. The van der Waals surface area contributed by atoms with Gasteiger partial charge in [-0.15, -0.1) is 0 Å². The van der Waals surface area contributed by atoms with Crippen molar-refractivity contribution in [2.24, 2.45) is 0 Å². The molecular weight excluding hydrogens is 510 g/mol. The summed E-state index contributed by atoms with van der Waals surface area (Å²) in [5.74, 6) is 1.10. The van der Waals surface area contributed by atoms with Crippen LogP contribution in [-0.2, 0) is 17.7 Å². The highest BCUT2D eigenvalue weighted by molar-refractivity contribution is 7.77. The zero-order valence-electron chi connectivity index (χ0n) is 21.3. The van der Waals surface area contributed by atoms with E-state index in [2.05, 4.69) is 0 Å². The average Bonchev–Trinajstić information content (AvgIpc) is 3.41. The maximum atomic E-state index is 12.5. The van der Waals surface area contributed by atoms with Gasteiger partial charge in [0.05, 0.1) is 17.0 Å². The van der Waals surface area contributed by atoms with E-state index in [-0.39, 0.29) is 12.3 Å². The molecule has 39 heavy (non-hydrogen) atoms. The number of nitrogens with zero attached hydrogens (tertiary/aromatic N) is 3. The summed E-state index contributed by atoms with van der Waals surface area (Å²) in [4.78, 5) is 17.4. The topological polar surface area (TPSA) is 87.5 Å². The minimum absolute atomic E-state index is 0.0430. The Morgan fingerprint density at radius 2 is 1.49 bits per heavy atom. The number of hydrogen-bond acceptors (Lipinski definition) is 5. The molecule has 5 aromatic rings. The van der Waals surface area contributed by atoms with Crippen molar-refractivity contribution in [2.45, 2.75) is 13.3 Å². The number of carbonyl (C=O) groups excluding carboxylic acids is 1. The molecule has 0 saturated heterocycles. The predicted molar refractivity (Wildman–Crippen MR) is 151 cm³/mol. The van der Waals surface area contributed by atoms with E-state index in [4.69, 9.17) is 9.72 Å². The van der Waals surface area contributed by atoms with Gasteiger partial charge in [-0.05, 0) is 43.2 Å². The fourth-order valence-electron chi connectivity index (χ4n) is 4.15. The van der Waals surface area contributed by atoms with Crippen LogP contribution in [0.15, 0.2) is 115 Å². The lowest BCUT2D eigenvalue weighted by molar-refractivity contribution is 0.178. The van der Waals surface area contributed by atoms with E-state index in [1.165, 1.54) is 0 Å². The lowest BCUT2D eigenvalue weighted by Gasteiger charge is -2.23. The number of ether oxygens (including phenoxy) is 1. The average molecular weight is 537 g/mol. The number of imidazole rings is 1. The van der Waals surface area contributed by atoms with Crippen LogP contribution in [0, 0.1) is 6.92 Å². The van der Waals surface area contributed by atoms with Gasteiger partial charge in [0.25, 0.3) is 0 Å². The van der Waals surface area contributed by atoms with Gasteiger partial charge in [0, 0.05) is 29.6 Å². The van der Waals surface area contributed by atoms with Gasteiger partial charge in [-0.25, -0.2) is 14.1 Å². The molecule has 1 unspecified atom stereocenters. The molecule has 7 nitrogen and oxygen atoms in total. The van der Waals surface area contributed by atoms with Crippen molar-refractivity contribution in [3.8, 4) is 34.1 Å².